The van der Waals surface area contributed by atoms with Crippen molar-refractivity contribution < 1.29 is 4.79 Å². The van der Waals surface area contributed by atoms with Crippen LogP contribution in [0.1, 0.15) is 55.9 Å². The molecular formula is C15H24N4O. The van der Waals surface area contributed by atoms with Gasteiger partial charge >= 0.3 is 0 Å². The average Bonchev–Trinajstić information content (AvgIpc) is 2.76. The highest BCUT2D eigenvalue weighted by Gasteiger charge is 2.14. The molecule has 2 rings (SSSR count). The molecule has 20 heavy (non-hydrogen) atoms. The molecular weight excluding hydrogens is 252 g/mol. The summed E-state index contributed by atoms with van der Waals surface area (Å²) in [6.07, 6.45) is 8.65. The Morgan fingerprint density at radius 3 is 2.75 bits per heavy atom. The van der Waals surface area contributed by atoms with E-state index in [1.807, 2.05) is 0 Å². The van der Waals surface area contributed by atoms with Crippen LogP contribution in [0.5, 0.6) is 0 Å². The van der Waals surface area contributed by atoms with E-state index in [0.29, 0.717) is 18.2 Å². The van der Waals surface area contributed by atoms with Crippen molar-refractivity contribution in [2.45, 2.75) is 45.4 Å². The number of aromatic nitrogens is 2. The third-order valence-electron chi connectivity index (χ3n) is 3.58. The molecule has 1 saturated heterocycles. The number of hydrogen-bond donors (Lipinski definition) is 1. The van der Waals surface area contributed by atoms with Crippen LogP contribution >= 0.6 is 0 Å². The van der Waals surface area contributed by atoms with Crippen molar-refractivity contribution in [1.29, 1.82) is 0 Å². The van der Waals surface area contributed by atoms with Crippen molar-refractivity contribution in [2.24, 2.45) is 0 Å². The second kappa shape index (κ2) is 7.82. The third kappa shape index (κ3) is 4.18. The van der Waals surface area contributed by atoms with E-state index in [4.69, 9.17) is 0 Å². The smallest absolute Gasteiger partial charge is 0.270 e. The molecule has 0 radical (unpaired) electrons. The van der Waals surface area contributed by atoms with Gasteiger partial charge in [-0.25, -0.2) is 9.97 Å². The Hall–Kier alpha value is -1.65. The number of nitrogens with zero attached hydrogens (tertiary/aromatic N) is 3. The maximum absolute atomic E-state index is 12.0. The fraction of sp³-hybridized carbons (Fsp3) is 0.667. The first kappa shape index (κ1) is 14.8. The van der Waals surface area contributed by atoms with E-state index < -0.39 is 0 Å². The molecule has 0 bridgehead atoms. The monoisotopic (exact) mass is 276 g/mol. The molecule has 0 saturated carbocycles. The van der Waals surface area contributed by atoms with Gasteiger partial charge < -0.3 is 10.2 Å². The zero-order chi connectivity index (χ0) is 14.2. The minimum Gasteiger partial charge on any atom is -0.351 e. The van der Waals surface area contributed by atoms with Crippen LogP contribution in [-0.2, 0) is 0 Å². The number of rotatable bonds is 5. The highest BCUT2D eigenvalue weighted by molar-refractivity contribution is 5.92. The third-order valence-corrected chi connectivity index (χ3v) is 3.58. The zero-order valence-electron chi connectivity index (χ0n) is 12.3. The van der Waals surface area contributed by atoms with E-state index >= 15 is 0 Å². The van der Waals surface area contributed by atoms with Crippen LogP contribution in [0.4, 0.5) is 5.95 Å². The molecule has 110 valence electrons. The van der Waals surface area contributed by atoms with Crippen LogP contribution in [0.15, 0.2) is 12.3 Å². The Kier molecular flexibility index (Phi) is 5.77. The van der Waals surface area contributed by atoms with Gasteiger partial charge in [-0.1, -0.05) is 26.2 Å². The van der Waals surface area contributed by atoms with Crippen LogP contribution in [-0.4, -0.2) is 35.5 Å². The van der Waals surface area contributed by atoms with Crippen molar-refractivity contribution >= 4 is 11.9 Å². The molecule has 1 aliphatic heterocycles. The number of hydrogen-bond acceptors (Lipinski definition) is 4. The molecule has 0 aliphatic carbocycles. The maximum Gasteiger partial charge on any atom is 0.270 e. The van der Waals surface area contributed by atoms with E-state index in [2.05, 4.69) is 27.1 Å². The summed E-state index contributed by atoms with van der Waals surface area (Å²) in [5, 5.41) is 2.89. The average molecular weight is 276 g/mol. The number of amides is 1. The van der Waals surface area contributed by atoms with E-state index in [9.17, 15) is 4.79 Å². The van der Waals surface area contributed by atoms with Gasteiger partial charge in [-0.15, -0.1) is 0 Å². The van der Waals surface area contributed by atoms with Gasteiger partial charge in [-0.05, 0) is 25.3 Å². The summed E-state index contributed by atoms with van der Waals surface area (Å²) in [4.78, 5) is 22.9. The van der Waals surface area contributed by atoms with Crippen molar-refractivity contribution in [3.63, 3.8) is 0 Å². The second-order valence-corrected chi connectivity index (χ2v) is 5.25. The first-order chi connectivity index (χ1) is 9.81. The van der Waals surface area contributed by atoms with Gasteiger partial charge in [0, 0.05) is 25.8 Å². The van der Waals surface area contributed by atoms with Crippen LogP contribution in [0, 0.1) is 0 Å². The fourth-order valence-electron chi connectivity index (χ4n) is 2.37. The quantitative estimate of drug-likeness (QED) is 0.839. The number of carbonyl (C=O) groups excluding carboxylic acids is 1. The summed E-state index contributed by atoms with van der Waals surface area (Å²) >= 11 is 0. The Morgan fingerprint density at radius 1 is 1.30 bits per heavy atom. The summed E-state index contributed by atoms with van der Waals surface area (Å²) in [5.74, 6) is 0.590. The lowest BCUT2D eigenvalue weighted by Gasteiger charge is -2.20. The molecule has 1 aliphatic rings. The van der Waals surface area contributed by atoms with Crippen LogP contribution in [0.25, 0.3) is 0 Å². The number of carbonyl (C=O) groups is 1. The molecule has 0 unspecified atom stereocenters. The molecule has 0 atom stereocenters. The van der Waals surface area contributed by atoms with E-state index in [1.54, 1.807) is 12.3 Å². The van der Waals surface area contributed by atoms with Gasteiger partial charge in [0.1, 0.15) is 5.69 Å². The van der Waals surface area contributed by atoms with Crippen LogP contribution < -0.4 is 10.2 Å². The molecule has 1 amide bonds. The normalized spacial score (nSPS) is 15.8. The molecule has 1 N–H and O–H groups in total. The Labute approximate surface area is 120 Å². The zero-order valence-corrected chi connectivity index (χ0v) is 12.3. The molecule has 1 aromatic rings. The molecule has 1 fully saturated rings. The predicted octanol–water partition coefficient (Wildman–Crippen LogP) is 2.39. The van der Waals surface area contributed by atoms with Crippen LogP contribution in [0.3, 0.4) is 0 Å². The van der Waals surface area contributed by atoms with Gasteiger partial charge in [-0.2, -0.15) is 0 Å². The topological polar surface area (TPSA) is 58.1 Å². The molecule has 0 aromatic carbocycles. The highest BCUT2D eigenvalue weighted by atomic mass is 16.1. The summed E-state index contributed by atoms with van der Waals surface area (Å²) in [5.41, 5.74) is 0.468. The van der Waals surface area contributed by atoms with E-state index in [1.165, 1.54) is 25.7 Å². The SMILES string of the molecule is CCCCNC(=O)c1ccnc(N2CCCCCC2)n1. The van der Waals surface area contributed by atoms with E-state index in [-0.39, 0.29) is 5.91 Å². The summed E-state index contributed by atoms with van der Waals surface area (Å²) in [6, 6.07) is 1.68. The van der Waals surface area contributed by atoms with E-state index in [0.717, 1.165) is 25.9 Å². The lowest BCUT2D eigenvalue weighted by molar-refractivity contribution is 0.0948. The lowest BCUT2D eigenvalue weighted by atomic mass is 10.2. The summed E-state index contributed by atoms with van der Waals surface area (Å²) < 4.78 is 0. The highest BCUT2D eigenvalue weighted by Crippen LogP contribution is 2.15. The molecule has 2 heterocycles. The lowest BCUT2D eigenvalue weighted by Crippen LogP contribution is -2.29. The Bertz CT molecular complexity index is 428. The Balaban J connectivity index is 2.01. The molecule has 0 spiro atoms. The van der Waals surface area contributed by atoms with Crippen molar-refractivity contribution in [3.05, 3.63) is 18.0 Å². The number of anilines is 1. The summed E-state index contributed by atoms with van der Waals surface area (Å²) in [6.45, 7) is 4.79. The van der Waals surface area contributed by atoms with Gasteiger partial charge in [-0.3, -0.25) is 4.79 Å². The predicted molar refractivity (Wildman–Crippen MR) is 80.0 cm³/mol. The van der Waals surface area contributed by atoms with Crippen molar-refractivity contribution in [2.75, 3.05) is 24.5 Å². The van der Waals surface area contributed by atoms with Gasteiger partial charge in [0.2, 0.25) is 5.95 Å². The second-order valence-electron chi connectivity index (χ2n) is 5.25. The molecule has 5 heteroatoms. The number of unbranched alkanes of at least 4 members (excludes halogenated alkanes) is 1. The standard InChI is InChI=1S/C15H24N4O/c1-2-3-9-16-14(20)13-8-10-17-15(18-13)19-11-6-4-5-7-12-19/h8,10H,2-7,9,11-12H2,1H3,(H,16,20). The maximum atomic E-state index is 12.0. The first-order valence-corrected chi connectivity index (χ1v) is 7.67. The van der Waals surface area contributed by atoms with Gasteiger partial charge in [0.25, 0.3) is 5.91 Å². The van der Waals surface area contributed by atoms with Crippen LogP contribution in [0.2, 0.25) is 0 Å². The molecule has 5 nitrogen and oxygen atoms in total. The van der Waals surface area contributed by atoms with Crippen molar-refractivity contribution in [1.82, 2.24) is 15.3 Å². The van der Waals surface area contributed by atoms with Gasteiger partial charge in [0.05, 0.1) is 0 Å². The van der Waals surface area contributed by atoms with Gasteiger partial charge in [0.15, 0.2) is 0 Å². The number of nitrogens with one attached hydrogen (secondary N) is 1. The molecule has 1 aromatic heterocycles. The van der Waals surface area contributed by atoms with Crippen molar-refractivity contribution in [3.8, 4) is 0 Å². The Morgan fingerprint density at radius 2 is 2.05 bits per heavy atom. The summed E-state index contributed by atoms with van der Waals surface area (Å²) in [7, 11) is 0. The minimum absolute atomic E-state index is 0.100. The minimum atomic E-state index is -0.100. The first-order valence-electron chi connectivity index (χ1n) is 7.67. The largest absolute Gasteiger partial charge is 0.351 e. The fourth-order valence-corrected chi connectivity index (χ4v) is 2.37.